The van der Waals surface area contributed by atoms with Crippen LogP contribution in [0.5, 0.6) is 0 Å². The van der Waals surface area contributed by atoms with Crippen LogP contribution in [0.2, 0.25) is 0 Å². The smallest absolute Gasteiger partial charge is 0.368 e. The summed E-state index contributed by atoms with van der Waals surface area (Å²) in [5, 5.41) is 15.2. The molecule has 9 nitrogen and oxygen atoms in total. The molecule has 0 atom stereocenters. The topological polar surface area (TPSA) is 84.1 Å². The van der Waals surface area contributed by atoms with Gasteiger partial charge in [0.1, 0.15) is 5.69 Å². The van der Waals surface area contributed by atoms with Crippen LogP contribution in [-0.2, 0) is 13.2 Å². The first-order chi connectivity index (χ1) is 19.4. The van der Waals surface area contributed by atoms with Gasteiger partial charge in [-0.25, -0.2) is 9.07 Å². The fraction of sp³-hybridized carbons (Fsp3) is 0.357. The molecule has 1 N–H and O–H groups in total. The first kappa shape index (κ1) is 28.3. The number of hydrogen-bond donors (Lipinski definition) is 1. The minimum atomic E-state index is -4.93. The van der Waals surface area contributed by atoms with Gasteiger partial charge in [0, 0.05) is 49.2 Å². The van der Waals surface area contributed by atoms with E-state index in [0.29, 0.717) is 43.5 Å². The number of hydrogen-bond acceptors (Lipinski definition) is 6. The fourth-order valence-corrected chi connectivity index (χ4v) is 4.86. The highest BCUT2D eigenvalue weighted by molar-refractivity contribution is 6.05. The Morgan fingerprint density at radius 3 is 2.49 bits per heavy atom. The first-order valence-electron chi connectivity index (χ1n) is 13.1. The van der Waals surface area contributed by atoms with E-state index in [2.05, 4.69) is 20.7 Å². The summed E-state index contributed by atoms with van der Waals surface area (Å²) in [4.78, 5) is 16.9. The third-order valence-corrected chi connectivity index (χ3v) is 7.40. The Hall–Kier alpha value is -4.26. The summed E-state index contributed by atoms with van der Waals surface area (Å²) in [6.07, 6.45) is -0.855. The second-order valence-electron chi connectivity index (χ2n) is 10.3. The maximum Gasteiger partial charge on any atom is 0.419 e. The van der Waals surface area contributed by atoms with Crippen molar-refractivity contribution in [3.05, 3.63) is 70.9 Å². The second-order valence-corrected chi connectivity index (χ2v) is 10.3. The molecule has 3 heterocycles. The van der Waals surface area contributed by atoms with Crippen LogP contribution in [0.15, 0.2) is 42.7 Å². The van der Waals surface area contributed by atoms with Crippen molar-refractivity contribution in [1.82, 2.24) is 29.7 Å². The molecule has 1 saturated heterocycles. The molecule has 1 fully saturated rings. The summed E-state index contributed by atoms with van der Waals surface area (Å²) < 4.78 is 59.8. The van der Waals surface area contributed by atoms with Crippen LogP contribution in [0.4, 0.5) is 28.9 Å². The van der Waals surface area contributed by atoms with Crippen molar-refractivity contribution in [2.75, 3.05) is 43.4 Å². The van der Waals surface area contributed by atoms with Gasteiger partial charge in [-0.2, -0.15) is 18.3 Å². The molecule has 0 aliphatic carbocycles. The minimum absolute atomic E-state index is 0.145. The van der Waals surface area contributed by atoms with E-state index in [1.54, 1.807) is 40.2 Å². The molecule has 0 spiro atoms. The van der Waals surface area contributed by atoms with Crippen molar-refractivity contribution in [2.45, 2.75) is 26.4 Å². The van der Waals surface area contributed by atoms with Crippen LogP contribution in [0, 0.1) is 19.7 Å². The Labute approximate surface area is 234 Å². The molecule has 1 aliphatic rings. The van der Waals surface area contributed by atoms with Gasteiger partial charge in [0.05, 0.1) is 29.3 Å². The molecule has 216 valence electrons. The highest BCUT2D eigenvalue weighted by atomic mass is 19.4. The highest BCUT2D eigenvalue weighted by Gasteiger charge is 2.37. The molecule has 0 saturated carbocycles. The van der Waals surface area contributed by atoms with Crippen LogP contribution in [0.25, 0.3) is 16.9 Å². The van der Waals surface area contributed by atoms with E-state index in [1.165, 1.54) is 10.7 Å². The molecule has 2 aromatic carbocycles. The number of aryl methyl sites for hydroxylation is 2. The van der Waals surface area contributed by atoms with Crippen molar-refractivity contribution >= 4 is 17.3 Å². The monoisotopic (exact) mass is 570 g/mol. The van der Waals surface area contributed by atoms with E-state index in [1.807, 2.05) is 32.8 Å². The van der Waals surface area contributed by atoms with Crippen LogP contribution in [0.1, 0.15) is 33.6 Å². The Morgan fingerprint density at radius 1 is 1.00 bits per heavy atom. The summed E-state index contributed by atoms with van der Waals surface area (Å²) in [6, 6.07) is 6.76. The van der Waals surface area contributed by atoms with Crippen molar-refractivity contribution in [3.63, 3.8) is 0 Å². The molecule has 1 aliphatic heterocycles. The maximum absolute atomic E-state index is 15.2. The predicted molar refractivity (Wildman–Crippen MR) is 147 cm³/mol. The summed E-state index contributed by atoms with van der Waals surface area (Å²) >= 11 is 0. The molecule has 0 unspecified atom stereocenters. The number of halogens is 4. The normalized spacial score (nSPS) is 14.8. The summed E-state index contributed by atoms with van der Waals surface area (Å²) in [7, 11) is 3.73. The highest BCUT2D eigenvalue weighted by Crippen LogP contribution is 2.38. The molecule has 2 aromatic heterocycles. The van der Waals surface area contributed by atoms with Crippen molar-refractivity contribution < 1.29 is 22.4 Å². The Bertz CT molecular complexity index is 1590. The molecular weight excluding hydrogens is 540 g/mol. The van der Waals surface area contributed by atoms with E-state index in [-0.39, 0.29) is 16.9 Å². The van der Waals surface area contributed by atoms with Gasteiger partial charge in [0.15, 0.2) is 5.82 Å². The van der Waals surface area contributed by atoms with E-state index in [4.69, 9.17) is 0 Å². The van der Waals surface area contributed by atoms with Crippen molar-refractivity contribution in [3.8, 4) is 16.9 Å². The summed E-state index contributed by atoms with van der Waals surface area (Å²) in [5.41, 5.74) is 2.13. The third kappa shape index (κ3) is 5.80. The molecule has 0 bridgehead atoms. The number of carbonyl (C=O) groups excluding carboxylic acids is 1. The second kappa shape index (κ2) is 11.0. The van der Waals surface area contributed by atoms with Gasteiger partial charge in [-0.05, 0) is 63.7 Å². The number of rotatable bonds is 5. The number of alkyl halides is 3. The molecule has 1 amide bonds. The van der Waals surface area contributed by atoms with Crippen LogP contribution in [-0.4, -0.2) is 68.8 Å². The first-order valence-corrected chi connectivity index (χ1v) is 13.1. The molecule has 0 radical (unpaired) electrons. The number of carbonyl (C=O) groups is 1. The Kier molecular flexibility index (Phi) is 7.56. The van der Waals surface area contributed by atoms with Crippen molar-refractivity contribution in [1.29, 1.82) is 0 Å². The van der Waals surface area contributed by atoms with Gasteiger partial charge < -0.3 is 15.1 Å². The van der Waals surface area contributed by atoms with Gasteiger partial charge in [-0.1, -0.05) is 11.3 Å². The Morgan fingerprint density at radius 2 is 1.78 bits per heavy atom. The number of anilines is 2. The van der Waals surface area contributed by atoms with Crippen molar-refractivity contribution in [2.24, 2.45) is 7.05 Å². The van der Waals surface area contributed by atoms with Crippen LogP contribution in [0.3, 0.4) is 0 Å². The number of nitrogens with zero attached hydrogens (tertiary/aromatic N) is 7. The van der Waals surface area contributed by atoms with Gasteiger partial charge in [-0.3, -0.25) is 9.48 Å². The number of amides is 1. The summed E-state index contributed by atoms with van der Waals surface area (Å²) in [5.74, 6) is -1.99. The van der Waals surface area contributed by atoms with Crippen LogP contribution < -0.4 is 10.2 Å². The van der Waals surface area contributed by atoms with E-state index < -0.39 is 23.5 Å². The zero-order valence-corrected chi connectivity index (χ0v) is 23.1. The molecule has 13 heteroatoms. The van der Waals surface area contributed by atoms with E-state index in [9.17, 15) is 18.0 Å². The van der Waals surface area contributed by atoms with Gasteiger partial charge in [-0.15, -0.1) is 5.10 Å². The number of aromatic nitrogens is 5. The molecular formula is C28H30F4N8O. The Balaban J connectivity index is 1.45. The lowest BCUT2D eigenvalue weighted by atomic mass is 10.1. The number of nitrogens with one attached hydrogen (secondary N) is 1. The average Bonchev–Trinajstić information content (AvgIpc) is 3.46. The van der Waals surface area contributed by atoms with Gasteiger partial charge in [0.25, 0.3) is 5.91 Å². The van der Waals surface area contributed by atoms with E-state index >= 15 is 4.39 Å². The predicted octanol–water partition coefficient (Wildman–Crippen LogP) is 4.84. The quantitative estimate of drug-likeness (QED) is 0.346. The zero-order chi connectivity index (χ0) is 29.5. The SMILES string of the molecule is Cc1ccc(C(=O)Nc2cc(N3CCCN(C)CC3)c(F)c(C(F)(F)F)c2)cc1-n1cc(-c2cnn(C)c2C)nn1. The van der Waals surface area contributed by atoms with Gasteiger partial charge in [0.2, 0.25) is 0 Å². The van der Waals surface area contributed by atoms with Gasteiger partial charge >= 0.3 is 6.18 Å². The average molecular weight is 571 g/mol. The molecule has 5 rings (SSSR count). The lowest BCUT2D eigenvalue weighted by Crippen LogP contribution is -2.30. The standard InChI is InChI=1S/C28H30F4N8O/c1-17-6-7-19(12-24(17)40-16-23(35-36-40)21-15-33-38(4)18(21)2)27(41)34-20-13-22(28(30,31)32)26(29)25(14-20)39-9-5-8-37(3)10-11-39/h6-7,12-16H,5,8-11H2,1-4H3,(H,34,41). The van der Waals surface area contributed by atoms with E-state index in [0.717, 1.165) is 23.4 Å². The van der Waals surface area contributed by atoms with Crippen LogP contribution >= 0.6 is 0 Å². The number of benzene rings is 2. The lowest BCUT2D eigenvalue weighted by molar-refractivity contribution is -0.139. The molecule has 41 heavy (non-hydrogen) atoms. The maximum atomic E-state index is 15.2. The lowest BCUT2D eigenvalue weighted by Gasteiger charge is -2.25. The zero-order valence-electron chi connectivity index (χ0n) is 23.1. The largest absolute Gasteiger partial charge is 0.419 e. The molecule has 4 aromatic rings. The fourth-order valence-electron chi connectivity index (χ4n) is 4.86. The third-order valence-electron chi connectivity index (χ3n) is 7.40. The number of likely N-dealkylation sites (N-methyl/N-ethyl adjacent to an activating group) is 1. The minimum Gasteiger partial charge on any atom is -0.368 e. The summed E-state index contributed by atoms with van der Waals surface area (Å²) in [6.45, 7) is 5.85.